The Morgan fingerprint density at radius 3 is 2.94 bits per heavy atom. The van der Waals surface area contributed by atoms with Gasteiger partial charge >= 0.3 is 5.97 Å². The van der Waals surface area contributed by atoms with Gasteiger partial charge in [-0.3, -0.25) is 0 Å². The average Bonchev–Trinajstić information content (AvgIpc) is 2.31. The first-order valence-electron chi connectivity index (χ1n) is 4.70. The summed E-state index contributed by atoms with van der Waals surface area (Å²) in [6.07, 6.45) is 0.630. The van der Waals surface area contributed by atoms with E-state index in [0.717, 1.165) is 0 Å². The summed E-state index contributed by atoms with van der Waals surface area (Å²) in [6.45, 7) is 0. The molecule has 0 atom stereocenters. The Labute approximate surface area is 99.8 Å². The number of phenolic OH excluding ortho intramolecular Hbond substituents is 1. The molecule has 0 spiro atoms. The summed E-state index contributed by atoms with van der Waals surface area (Å²) in [4.78, 5) is 11.2. The molecule has 0 amide bonds. The van der Waals surface area contributed by atoms with Crippen LogP contribution in [0.3, 0.4) is 0 Å². The molecule has 0 aliphatic rings. The van der Waals surface area contributed by atoms with Crippen molar-refractivity contribution in [3.8, 4) is 17.6 Å². The third kappa shape index (κ3) is 3.21. The summed E-state index contributed by atoms with van der Waals surface area (Å²) in [5.41, 5.74) is 0.792. The van der Waals surface area contributed by atoms with E-state index in [9.17, 15) is 9.90 Å². The van der Waals surface area contributed by atoms with Crippen molar-refractivity contribution in [1.29, 1.82) is 0 Å². The quantitative estimate of drug-likeness (QED) is 0.468. The zero-order valence-electron chi connectivity index (χ0n) is 8.86. The Balaban J connectivity index is 3.01. The van der Waals surface area contributed by atoms with Crippen molar-refractivity contribution in [2.45, 2.75) is 6.42 Å². The molecule has 0 heterocycles. The van der Waals surface area contributed by atoms with Gasteiger partial charge in [0.15, 0.2) is 0 Å². The Morgan fingerprint density at radius 2 is 2.31 bits per heavy atom. The highest BCUT2D eigenvalue weighted by Crippen LogP contribution is 2.17. The lowest BCUT2D eigenvalue weighted by molar-refractivity contribution is 0.0600. The second-order valence-electron chi connectivity index (χ2n) is 3.00. The standard InChI is InChI=1S/C12H12O3S/c1-15-12(14)10-5-6-11(13)9(8-10)4-2-3-7-16/h5-6,8,13,16H,3,7H2,1H3. The maximum atomic E-state index is 11.2. The van der Waals surface area contributed by atoms with E-state index in [0.29, 0.717) is 23.3 Å². The van der Waals surface area contributed by atoms with Crippen molar-refractivity contribution in [2.24, 2.45) is 0 Å². The molecule has 1 aromatic carbocycles. The molecule has 0 aliphatic heterocycles. The van der Waals surface area contributed by atoms with E-state index in [1.54, 1.807) is 0 Å². The number of aromatic hydroxyl groups is 1. The van der Waals surface area contributed by atoms with Crippen molar-refractivity contribution < 1.29 is 14.6 Å². The molecule has 1 aromatic rings. The largest absolute Gasteiger partial charge is 0.507 e. The van der Waals surface area contributed by atoms with Gasteiger partial charge in [0.25, 0.3) is 0 Å². The number of ether oxygens (including phenoxy) is 1. The van der Waals surface area contributed by atoms with Crippen LogP contribution in [0.4, 0.5) is 0 Å². The van der Waals surface area contributed by atoms with Gasteiger partial charge in [0.2, 0.25) is 0 Å². The van der Waals surface area contributed by atoms with Crippen LogP contribution < -0.4 is 0 Å². The highest BCUT2D eigenvalue weighted by Gasteiger charge is 2.07. The van der Waals surface area contributed by atoms with Crippen molar-refractivity contribution in [3.05, 3.63) is 29.3 Å². The molecule has 16 heavy (non-hydrogen) atoms. The molecule has 4 heteroatoms. The number of thiol groups is 1. The maximum Gasteiger partial charge on any atom is 0.337 e. The predicted molar refractivity (Wildman–Crippen MR) is 64.8 cm³/mol. The first kappa shape index (κ1) is 12.5. The van der Waals surface area contributed by atoms with Crippen LogP contribution in [0.2, 0.25) is 0 Å². The topological polar surface area (TPSA) is 46.5 Å². The van der Waals surface area contributed by atoms with Crippen molar-refractivity contribution in [1.82, 2.24) is 0 Å². The van der Waals surface area contributed by atoms with E-state index in [4.69, 9.17) is 0 Å². The first-order chi connectivity index (χ1) is 7.69. The lowest BCUT2D eigenvalue weighted by atomic mass is 10.1. The Hall–Kier alpha value is -1.60. The third-order valence-electron chi connectivity index (χ3n) is 1.88. The molecule has 0 bridgehead atoms. The van der Waals surface area contributed by atoms with Crippen LogP contribution in [-0.4, -0.2) is 23.9 Å². The van der Waals surface area contributed by atoms with Gasteiger partial charge < -0.3 is 9.84 Å². The Morgan fingerprint density at radius 1 is 1.56 bits per heavy atom. The van der Waals surface area contributed by atoms with E-state index in [-0.39, 0.29) is 5.75 Å². The summed E-state index contributed by atoms with van der Waals surface area (Å²) < 4.78 is 4.58. The van der Waals surface area contributed by atoms with Gasteiger partial charge in [-0.1, -0.05) is 11.8 Å². The summed E-state index contributed by atoms with van der Waals surface area (Å²) in [7, 11) is 1.31. The molecule has 3 nitrogen and oxygen atoms in total. The minimum Gasteiger partial charge on any atom is -0.507 e. The minimum atomic E-state index is -0.447. The highest BCUT2D eigenvalue weighted by atomic mass is 32.1. The second-order valence-corrected chi connectivity index (χ2v) is 3.45. The van der Waals surface area contributed by atoms with Crippen molar-refractivity contribution >= 4 is 18.6 Å². The minimum absolute atomic E-state index is 0.0549. The maximum absolute atomic E-state index is 11.2. The average molecular weight is 236 g/mol. The Kier molecular flexibility index (Phi) is 4.74. The van der Waals surface area contributed by atoms with Crippen molar-refractivity contribution in [3.63, 3.8) is 0 Å². The fourth-order valence-electron chi connectivity index (χ4n) is 1.09. The van der Waals surface area contributed by atoms with Crippen LogP contribution in [0, 0.1) is 11.8 Å². The molecule has 0 aromatic heterocycles. The van der Waals surface area contributed by atoms with Gasteiger partial charge in [0.1, 0.15) is 5.75 Å². The van der Waals surface area contributed by atoms with Crippen LogP contribution in [0.1, 0.15) is 22.3 Å². The van der Waals surface area contributed by atoms with Crippen LogP contribution in [0.15, 0.2) is 18.2 Å². The van der Waals surface area contributed by atoms with Gasteiger partial charge in [-0.05, 0) is 18.2 Å². The molecule has 84 valence electrons. The van der Waals surface area contributed by atoms with Crippen molar-refractivity contribution in [2.75, 3.05) is 12.9 Å². The second kappa shape index (κ2) is 6.09. The number of carbonyl (C=O) groups excluding carboxylic acids is 1. The number of hydrogen-bond acceptors (Lipinski definition) is 4. The third-order valence-corrected chi connectivity index (χ3v) is 2.10. The molecule has 0 saturated heterocycles. The number of phenols is 1. The molecule has 0 saturated carbocycles. The monoisotopic (exact) mass is 236 g/mol. The molecule has 1 N–H and O–H groups in total. The van der Waals surface area contributed by atoms with Gasteiger partial charge in [-0.2, -0.15) is 12.6 Å². The van der Waals surface area contributed by atoms with Crippen LogP contribution in [-0.2, 0) is 4.74 Å². The number of esters is 1. The molecule has 0 radical (unpaired) electrons. The fraction of sp³-hybridized carbons (Fsp3) is 0.250. The van der Waals surface area contributed by atoms with Gasteiger partial charge in [0, 0.05) is 12.2 Å². The number of carbonyl (C=O) groups is 1. The van der Waals surface area contributed by atoms with Crippen LogP contribution >= 0.6 is 12.6 Å². The van der Waals surface area contributed by atoms with Gasteiger partial charge in [0.05, 0.1) is 18.2 Å². The zero-order valence-corrected chi connectivity index (χ0v) is 9.75. The summed E-state index contributed by atoms with van der Waals surface area (Å²) >= 11 is 4.02. The number of hydrogen-bond donors (Lipinski definition) is 2. The van der Waals surface area contributed by atoms with Gasteiger partial charge in [-0.15, -0.1) is 0 Å². The first-order valence-corrected chi connectivity index (χ1v) is 5.33. The molecular weight excluding hydrogens is 224 g/mol. The zero-order chi connectivity index (χ0) is 12.0. The number of benzene rings is 1. The predicted octanol–water partition coefficient (Wildman–Crippen LogP) is 1.85. The highest BCUT2D eigenvalue weighted by molar-refractivity contribution is 7.80. The SMILES string of the molecule is COC(=O)c1ccc(O)c(C#CCCS)c1. The molecule has 0 unspecified atom stereocenters. The normalized spacial score (nSPS) is 9.12. The summed E-state index contributed by atoms with van der Waals surface area (Å²) in [5, 5.41) is 9.52. The van der Waals surface area contributed by atoms with E-state index in [1.165, 1.54) is 25.3 Å². The van der Waals surface area contributed by atoms with Gasteiger partial charge in [-0.25, -0.2) is 4.79 Å². The lowest BCUT2D eigenvalue weighted by Crippen LogP contribution is -2.01. The van der Waals surface area contributed by atoms with E-state index in [1.807, 2.05) is 0 Å². The fourth-order valence-corrected chi connectivity index (χ4v) is 1.21. The van der Waals surface area contributed by atoms with E-state index < -0.39 is 5.97 Å². The molecule has 1 rings (SSSR count). The van der Waals surface area contributed by atoms with Crippen LogP contribution in [0.25, 0.3) is 0 Å². The summed E-state index contributed by atoms with van der Waals surface area (Å²) in [5.74, 6) is 5.88. The lowest BCUT2D eigenvalue weighted by Gasteiger charge is -2.01. The summed E-state index contributed by atoms with van der Waals surface area (Å²) in [6, 6.07) is 4.43. The van der Waals surface area contributed by atoms with E-state index in [2.05, 4.69) is 29.2 Å². The molecule has 0 aliphatic carbocycles. The van der Waals surface area contributed by atoms with E-state index >= 15 is 0 Å². The smallest absolute Gasteiger partial charge is 0.337 e. The molecule has 0 fully saturated rings. The molecular formula is C12H12O3S. The Bertz CT molecular complexity index is 443. The van der Waals surface area contributed by atoms with Crippen LogP contribution in [0.5, 0.6) is 5.75 Å². The number of methoxy groups -OCH3 is 1. The number of rotatable bonds is 2.